The molecule has 64 valence electrons. The van der Waals surface area contributed by atoms with E-state index in [1.807, 2.05) is 24.3 Å². The summed E-state index contributed by atoms with van der Waals surface area (Å²) in [6.45, 7) is 0. The van der Waals surface area contributed by atoms with Gasteiger partial charge in [0, 0.05) is 11.3 Å². The van der Waals surface area contributed by atoms with Gasteiger partial charge in [-0.2, -0.15) is 0 Å². The van der Waals surface area contributed by atoms with Crippen LogP contribution in [0.25, 0.3) is 11.4 Å². The largest absolute Gasteiger partial charge is 0.399 e. The minimum absolute atomic E-state index is 0.662. The highest BCUT2D eigenvalue weighted by molar-refractivity contribution is 5.57. The maximum Gasteiger partial charge on any atom is 0.162 e. The van der Waals surface area contributed by atoms with Crippen LogP contribution in [0.4, 0.5) is 5.69 Å². The monoisotopic (exact) mass is 172 g/mol. The molecule has 2 aromatic rings. The maximum absolute atomic E-state index is 5.55. The SMILES string of the molecule is Nc1ccc(-c2ncncn2)cc1. The zero-order valence-corrected chi connectivity index (χ0v) is 6.88. The standard InChI is InChI=1S/C9H8N4/c10-8-3-1-7(2-4-8)9-12-5-11-6-13-9/h1-6H,10H2. The van der Waals surface area contributed by atoms with Crippen molar-refractivity contribution in [1.82, 2.24) is 15.0 Å². The van der Waals surface area contributed by atoms with Crippen molar-refractivity contribution in [3.63, 3.8) is 0 Å². The molecular weight excluding hydrogens is 164 g/mol. The van der Waals surface area contributed by atoms with Crippen molar-refractivity contribution in [2.24, 2.45) is 0 Å². The number of hydrogen-bond donors (Lipinski definition) is 1. The Kier molecular flexibility index (Phi) is 1.88. The minimum Gasteiger partial charge on any atom is -0.399 e. The summed E-state index contributed by atoms with van der Waals surface area (Å²) in [6.07, 6.45) is 2.94. The molecule has 1 heterocycles. The van der Waals surface area contributed by atoms with Gasteiger partial charge in [0.1, 0.15) is 12.7 Å². The molecule has 0 spiro atoms. The molecule has 4 heteroatoms. The van der Waals surface area contributed by atoms with E-state index in [1.165, 1.54) is 12.7 Å². The van der Waals surface area contributed by atoms with Gasteiger partial charge in [-0.15, -0.1) is 0 Å². The van der Waals surface area contributed by atoms with Gasteiger partial charge in [0.05, 0.1) is 0 Å². The molecule has 0 saturated carbocycles. The second kappa shape index (κ2) is 3.18. The Morgan fingerprint density at radius 3 is 2.15 bits per heavy atom. The van der Waals surface area contributed by atoms with Gasteiger partial charge in [-0.25, -0.2) is 15.0 Å². The van der Waals surface area contributed by atoms with Crippen LogP contribution in [0.2, 0.25) is 0 Å². The predicted molar refractivity (Wildman–Crippen MR) is 49.7 cm³/mol. The number of aromatic nitrogens is 3. The average molecular weight is 172 g/mol. The van der Waals surface area contributed by atoms with Crippen LogP contribution in [0.1, 0.15) is 0 Å². The molecule has 0 aliphatic heterocycles. The fourth-order valence-corrected chi connectivity index (χ4v) is 1.02. The number of nitrogens with two attached hydrogens (primary N) is 1. The van der Waals surface area contributed by atoms with Crippen LogP contribution < -0.4 is 5.73 Å². The summed E-state index contributed by atoms with van der Waals surface area (Å²) in [7, 11) is 0. The van der Waals surface area contributed by atoms with Crippen LogP contribution in [0, 0.1) is 0 Å². The van der Waals surface area contributed by atoms with Gasteiger partial charge < -0.3 is 5.73 Å². The number of hydrogen-bond acceptors (Lipinski definition) is 4. The van der Waals surface area contributed by atoms with E-state index in [2.05, 4.69) is 15.0 Å². The van der Waals surface area contributed by atoms with E-state index in [0.717, 1.165) is 11.3 Å². The van der Waals surface area contributed by atoms with E-state index in [9.17, 15) is 0 Å². The van der Waals surface area contributed by atoms with Gasteiger partial charge in [-0.1, -0.05) is 0 Å². The molecule has 0 aliphatic carbocycles. The summed E-state index contributed by atoms with van der Waals surface area (Å²) < 4.78 is 0. The summed E-state index contributed by atoms with van der Waals surface area (Å²) in [5, 5.41) is 0. The lowest BCUT2D eigenvalue weighted by atomic mass is 10.2. The van der Waals surface area contributed by atoms with Crippen molar-refractivity contribution in [3.8, 4) is 11.4 Å². The van der Waals surface area contributed by atoms with Gasteiger partial charge in [0.2, 0.25) is 0 Å². The molecule has 1 aromatic heterocycles. The van der Waals surface area contributed by atoms with Gasteiger partial charge in [0.15, 0.2) is 5.82 Å². The third-order valence-electron chi connectivity index (χ3n) is 1.66. The highest BCUT2D eigenvalue weighted by Gasteiger charge is 1.97. The molecule has 0 radical (unpaired) electrons. The molecular formula is C9H8N4. The zero-order valence-electron chi connectivity index (χ0n) is 6.88. The van der Waals surface area contributed by atoms with E-state index in [1.54, 1.807) is 0 Å². The highest BCUT2D eigenvalue weighted by Crippen LogP contribution is 2.14. The molecule has 13 heavy (non-hydrogen) atoms. The first-order valence-corrected chi connectivity index (χ1v) is 3.84. The van der Waals surface area contributed by atoms with E-state index < -0.39 is 0 Å². The molecule has 0 bridgehead atoms. The normalized spacial score (nSPS) is 9.85. The van der Waals surface area contributed by atoms with E-state index >= 15 is 0 Å². The third kappa shape index (κ3) is 1.61. The second-order valence-corrected chi connectivity index (χ2v) is 2.58. The molecule has 2 N–H and O–H groups in total. The highest BCUT2D eigenvalue weighted by atomic mass is 15.0. The lowest BCUT2D eigenvalue weighted by Gasteiger charge is -1.98. The molecule has 2 rings (SSSR count). The summed E-state index contributed by atoms with van der Waals surface area (Å²) in [4.78, 5) is 11.8. The Bertz CT molecular complexity index is 382. The molecule has 0 amide bonds. The van der Waals surface area contributed by atoms with Gasteiger partial charge >= 0.3 is 0 Å². The van der Waals surface area contributed by atoms with Crippen LogP contribution in [0.5, 0.6) is 0 Å². The maximum atomic E-state index is 5.55. The van der Waals surface area contributed by atoms with Crippen LogP contribution >= 0.6 is 0 Å². The molecule has 0 fully saturated rings. The summed E-state index contributed by atoms with van der Waals surface area (Å²) >= 11 is 0. The first-order chi connectivity index (χ1) is 6.36. The molecule has 1 aromatic carbocycles. The number of rotatable bonds is 1. The Morgan fingerprint density at radius 1 is 0.923 bits per heavy atom. The fraction of sp³-hybridized carbons (Fsp3) is 0. The first-order valence-electron chi connectivity index (χ1n) is 3.84. The van der Waals surface area contributed by atoms with Crippen molar-refractivity contribution in [2.75, 3.05) is 5.73 Å². The average Bonchev–Trinajstić information content (AvgIpc) is 2.20. The van der Waals surface area contributed by atoms with Crippen molar-refractivity contribution >= 4 is 5.69 Å². The van der Waals surface area contributed by atoms with Gasteiger partial charge in [0.25, 0.3) is 0 Å². The van der Waals surface area contributed by atoms with Crippen molar-refractivity contribution in [1.29, 1.82) is 0 Å². The summed E-state index contributed by atoms with van der Waals surface area (Å²) in [5.74, 6) is 0.662. The fourth-order valence-electron chi connectivity index (χ4n) is 1.02. The second-order valence-electron chi connectivity index (χ2n) is 2.58. The third-order valence-corrected chi connectivity index (χ3v) is 1.66. The minimum atomic E-state index is 0.662. The number of nitrogens with zero attached hydrogens (tertiary/aromatic N) is 3. The molecule has 0 unspecified atom stereocenters. The summed E-state index contributed by atoms with van der Waals surface area (Å²) in [5.41, 5.74) is 7.23. The number of anilines is 1. The van der Waals surface area contributed by atoms with E-state index in [0.29, 0.717) is 5.82 Å². The van der Waals surface area contributed by atoms with Crippen molar-refractivity contribution in [2.45, 2.75) is 0 Å². The Labute approximate surface area is 75.5 Å². The van der Waals surface area contributed by atoms with Gasteiger partial charge in [-0.3, -0.25) is 0 Å². The zero-order chi connectivity index (χ0) is 9.10. The number of benzene rings is 1. The van der Waals surface area contributed by atoms with E-state index in [4.69, 9.17) is 5.73 Å². The predicted octanol–water partition coefficient (Wildman–Crippen LogP) is 1.12. The van der Waals surface area contributed by atoms with Crippen LogP contribution in [0.15, 0.2) is 36.9 Å². The lowest BCUT2D eigenvalue weighted by Crippen LogP contribution is -1.89. The lowest BCUT2D eigenvalue weighted by molar-refractivity contribution is 1.06. The first kappa shape index (κ1) is 7.67. The Morgan fingerprint density at radius 2 is 1.54 bits per heavy atom. The molecule has 0 aliphatic rings. The Hall–Kier alpha value is -1.97. The van der Waals surface area contributed by atoms with Gasteiger partial charge in [-0.05, 0) is 24.3 Å². The summed E-state index contributed by atoms with van der Waals surface area (Å²) in [6, 6.07) is 7.40. The van der Waals surface area contributed by atoms with Crippen LogP contribution in [0.3, 0.4) is 0 Å². The van der Waals surface area contributed by atoms with Crippen LogP contribution in [-0.2, 0) is 0 Å². The van der Waals surface area contributed by atoms with Crippen molar-refractivity contribution < 1.29 is 0 Å². The molecule has 0 atom stereocenters. The number of nitrogen functional groups attached to an aromatic ring is 1. The van der Waals surface area contributed by atoms with Crippen LogP contribution in [-0.4, -0.2) is 15.0 Å². The molecule has 0 saturated heterocycles. The van der Waals surface area contributed by atoms with Crippen molar-refractivity contribution in [3.05, 3.63) is 36.9 Å². The van der Waals surface area contributed by atoms with E-state index in [-0.39, 0.29) is 0 Å². The Balaban J connectivity index is 2.42. The quantitative estimate of drug-likeness (QED) is 0.654. The smallest absolute Gasteiger partial charge is 0.162 e. The topological polar surface area (TPSA) is 64.7 Å². The molecule has 4 nitrogen and oxygen atoms in total.